The van der Waals surface area contributed by atoms with Gasteiger partial charge < -0.3 is 15.3 Å². The standard InChI is InChI=1S/C14H20N2O2/c1-16-7-6-12(10-16)9-15-8-11-2-4-13(5-3-11)14(17)18/h2-5,12,15H,6-10H2,1H3,(H,17,18). The molecule has 0 spiro atoms. The van der Waals surface area contributed by atoms with Crippen molar-refractivity contribution >= 4 is 5.97 Å². The Morgan fingerprint density at radius 2 is 2.17 bits per heavy atom. The van der Waals surface area contributed by atoms with E-state index >= 15 is 0 Å². The Bertz CT molecular complexity index is 403. The van der Waals surface area contributed by atoms with E-state index in [9.17, 15) is 4.79 Å². The summed E-state index contributed by atoms with van der Waals surface area (Å²) in [5, 5.41) is 12.2. The van der Waals surface area contributed by atoms with Gasteiger partial charge in [0.15, 0.2) is 0 Å². The van der Waals surface area contributed by atoms with Crippen LogP contribution in [0.5, 0.6) is 0 Å². The number of carbonyl (C=O) groups is 1. The molecule has 0 radical (unpaired) electrons. The lowest BCUT2D eigenvalue weighted by Crippen LogP contribution is -2.24. The third-order valence-corrected chi connectivity index (χ3v) is 3.45. The number of nitrogens with zero attached hydrogens (tertiary/aromatic N) is 1. The number of nitrogens with one attached hydrogen (secondary N) is 1. The summed E-state index contributed by atoms with van der Waals surface area (Å²) in [7, 11) is 2.16. The number of hydrogen-bond donors (Lipinski definition) is 2. The van der Waals surface area contributed by atoms with Crippen LogP contribution in [-0.2, 0) is 6.54 Å². The Labute approximate surface area is 108 Å². The van der Waals surface area contributed by atoms with Crippen molar-refractivity contribution in [2.75, 3.05) is 26.7 Å². The second-order valence-corrected chi connectivity index (χ2v) is 5.05. The molecule has 0 aromatic heterocycles. The van der Waals surface area contributed by atoms with Crippen LogP contribution in [0.1, 0.15) is 22.3 Å². The molecule has 98 valence electrons. The third kappa shape index (κ3) is 3.55. The maximum absolute atomic E-state index is 10.7. The van der Waals surface area contributed by atoms with Crippen LogP contribution in [0.4, 0.5) is 0 Å². The maximum atomic E-state index is 10.7. The van der Waals surface area contributed by atoms with E-state index in [0.29, 0.717) is 5.56 Å². The molecule has 1 saturated heterocycles. The first kappa shape index (κ1) is 13.1. The number of rotatable bonds is 5. The molecular weight excluding hydrogens is 228 g/mol. The number of likely N-dealkylation sites (tertiary alicyclic amines) is 1. The van der Waals surface area contributed by atoms with E-state index in [4.69, 9.17) is 5.11 Å². The third-order valence-electron chi connectivity index (χ3n) is 3.45. The summed E-state index contributed by atoms with van der Waals surface area (Å²) >= 11 is 0. The molecule has 1 atom stereocenters. The molecule has 2 N–H and O–H groups in total. The van der Waals surface area contributed by atoms with Crippen molar-refractivity contribution in [3.8, 4) is 0 Å². The maximum Gasteiger partial charge on any atom is 0.335 e. The molecule has 0 aliphatic carbocycles. The molecule has 0 bridgehead atoms. The molecule has 1 aliphatic heterocycles. The molecular formula is C14H20N2O2. The molecule has 0 amide bonds. The highest BCUT2D eigenvalue weighted by molar-refractivity contribution is 5.87. The zero-order valence-electron chi connectivity index (χ0n) is 10.7. The van der Waals surface area contributed by atoms with E-state index < -0.39 is 5.97 Å². The molecule has 2 rings (SSSR count). The highest BCUT2D eigenvalue weighted by Crippen LogP contribution is 2.13. The average molecular weight is 248 g/mol. The van der Waals surface area contributed by atoms with Gasteiger partial charge >= 0.3 is 5.97 Å². The molecule has 1 fully saturated rings. The number of carboxylic acid groups (broad SMARTS) is 1. The van der Waals surface area contributed by atoms with Gasteiger partial charge in [0.05, 0.1) is 5.56 Å². The molecule has 1 unspecified atom stereocenters. The van der Waals surface area contributed by atoms with E-state index in [0.717, 1.165) is 24.6 Å². The summed E-state index contributed by atoms with van der Waals surface area (Å²) in [5.74, 6) is -0.128. The van der Waals surface area contributed by atoms with Gasteiger partial charge in [-0.2, -0.15) is 0 Å². The van der Waals surface area contributed by atoms with Crippen LogP contribution in [0.2, 0.25) is 0 Å². The van der Waals surface area contributed by atoms with Crippen molar-refractivity contribution in [1.29, 1.82) is 0 Å². The first-order valence-electron chi connectivity index (χ1n) is 6.36. The van der Waals surface area contributed by atoms with E-state index in [1.165, 1.54) is 19.5 Å². The zero-order chi connectivity index (χ0) is 13.0. The molecule has 1 heterocycles. The molecule has 1 aliphatic rings. The topological polar surface area (TPSA) is 52.6 Å². The van der Waals surface area contributed by atoms with E-state index in [1.54, 1.807) is 12.1 Å². The normalized spacial score (nSPS) is 20.2. The van der Waals surface area contributed by atoms with Crippen molar-refractivity contribution < 1.29 is 9.90 Å². The fraction of sp³-hybridized carbons (Fsp3) is 0.500. The van der Waals surface area contributed by atoms with Gasteiger partial charge in [0.1, 0.15) is 0 Å². The van der Waals surface area contributed by atoms with Crippen LogP contribution in [0.15, 0.2) is 24.3 Å². The van der Waals surface area contributed by atoms with Crippen LogP contribution < -0.4 is 5.32 Å². The summed E-state index contributed by atoms with van der Waals surface area (Å²) in [4.78, 5) is 13.1. The van der Waals surface area contributed by atoms with Crippen LogP contribution >= 0.6 is 0 Å². The molecule has 18 heavy (non-hydrogen) atoms. The van der Waals surface area contributed by atoms with Gasteiger partial charge in [-0.15, -0.1) is 0 Å². The summed E-state index contributed by atoms with van der Waals surface area (Å²) in [6, 6.07) is 7.06. The molecule has 1 aromatic rings. The minimum absolute atomic E-state index is 0.344. The highest BCUT2D eigenvalue weighted by atomic mass is 16.4. The van der Waals surface area contributed by atoms with Gasteiger partial charge in [0.25, 0.3) is 0 Å². The van der Waals surface area contributed by atoms with E-state index in [2.05, 4.69) is 17.3 Å². The van der Waals surface area contributed by atoms with Crippen molar-refractivity contribution in [3.63, 3.8) is 0 Å². The second-order valence-electron chi connectivity index (χ2n) is 5.05. The molecule has 0 saturated carbocycles. The fourth-order valence-corrected chi connectivity index (χ4v) is 2.38. The van der Waals surface area contributed by atoms with E-state index in [1.807, 2.05) is 12.1 Å². The van der Waals surface area contributed by atoms with Gasteiger partial charge in [-0.05, 0) is 50.2 Å². The quantitative estimate of drug-likeness (QED) is 0.827. The first-order valence-corrected chi connectivity index (χ1v) is 6.36. The highest BCUT2D eigenvalue weighted by Gasteiger charge is 2.18. The van der Waals surface area contributed by atoms with Gasteiger partial charge in [-0.3, -0.25) is 0 Å². The first-order chi connectivity index (χ1) is 8.65. The minimum atomic E-state index is -0.872. The van der Waals surface area contributed by atoms with Gasteiger partial charge in [-0.25, -0.2) is 4.79 Å². The lowest BCUT2D eigenvalue weighted by Gasteiger charge is -2.11. The Kier molecular flexibility index (Phi) is 4.33. The second kappa shape index (κ2) is 5.98. The summed E-state index contributed by atoms with van der Waals surface area (Å²) in [6.07, 6.45) is 1.27. The lowest BCUT2D eigenvalue weighted by atomic mass is 10.1. The van der Waals surface area contributed by atoms with Crippen LogP contribution in [0.25, 0.3) is 0 Å². The van der Waals surface area contributed by atoms with E-state index in [-0.39, 0.29) is 0 Å². The monoisotopic (exact) mass is 248 g/mol. The zero-order valence-corrected chi connectivity index (χ0v) is 10.7. The van der Waals surface area contributed by atoms with Crippen LogP contribution in [0.3, 0.4) is 0 Å². The number of hydrogen-bond acceptors (Lipinski definition) is 3. The molecule has 1 aromatic carbocycles. The smallest absolute Gasteiger partial charge is 0.335 e. The average Bonchev–Trinajstić information content (AvgIpc) is 2.76. The van der Waals surface area contributed by atoms with Gasteiger partial charge in [0.2, 0.25) is 0 Å². The SMILES string of the molecule is CN1CCC(CNCc2ccc(C(=O)O)cc2)C1. The Balaban J connectivity index is 1.75. The molecule has 4 nitrogen and oxygen atoms in total. The summed E-state index contributed by atoms with van der Waals surface area (Å²) in [5.41, 5.74) is 1.47. The van der Waals surface area contributed by atoms with Crippen molar-refractivity contribution in [3.05, 3.63) is 35.4 Å². The van der Waals surface area contributed by atoms with Crippen molar-refractivity contribution in [1.82, 2.24) is 10.2 Å². The lowest BCUT2D eigenvalue weighted by molar-refractivity contribution is 0.0697. The predicted octanol–water partition coefficient (Wildman–Crippen LogP) is 1.43. The number of benzene rings is 1. The largest absolute Gasteiger partial charge is 0.478 e. The molecule has 4 heteroatoms. The van der Waals surface area contributed by atoms with Crippen molar-refractivity contribution in [2.45, 2.75) is 13.0 Å². The van der Waals surface area contributed by atoms with Gasteiger partial charge in [-0.1, -0.05) is 12.1 Å². The van der Waals surface area contributed by atoms with Crippen LogP contribution in [0, 0.1) is 5.92 Å². The van der Waals surface area contributed by atoms with Gasteiger partial charge in [0, 0.05) is 13.1 Å². The van der Waals surface area contributed by atoms with Crippen molar-refractivity contribution in [2.24, 2.45) is 5.92 Å². The Morgan fingerprint density at radius 3 is 2.72 bits per heavy atom. The summed E-state index contributed by atoms with van der Waals surface area (Å²) < 4.78 is 0. The number of carboxylic acids is 1. The minimum Gasteiger partial charge on any atom is -0.478 e. The fourth-order valence-electron chi connectivity index (χ4n) is 2.38. The summed E-state index contributed by atoms with van der Waals surface area (Å²) in [6.45, 7) is 4.20. The Morgan fingerprint density at radius 1 is 1.44 bits per heavy atom. The number of aromatic carboxylic acids is 1. The predicted molar refractivity (Wildman–Crippen MR) is 70.7 cm³/mol. The Hall–Kier alpha value is -1.39. The van der Waals surface area contributed by atoms with Crippen LogP contribution in [-0.4, -0.2) is 42.7 Å².